The molecule has 0 fully saturated rings. The largest absolute Gasteiger partial charge is 0.481 e. The van der Waals surface area contributed by atoms with E-state index in [9.17, 15) is 9.59 Å². The van der Waals surface area contributed by atoms with Crippen molar-refractivity contribution in [3.8, 4) is 5.75 Å². The number of amides is 2. The van der Waals surface area contributed by atoms with Gasteiger partial charge < -0.3 is 15.4 Å². The first-order chi connectivity index (χ1) is 13.2. The highest BCUT2D eigenvalue weighted by Gasteiger charge is 2.19. The number of carbonyl (C=O) groups excluding carboxylic acids is 2. The van der Waals surface area contributed by atoms with Crippen molar-refractivity contribution < 1.29 is 14.3 Å². The second kappa shape index (κ2) is 9.60. The molecule has 0 radical (unpaired) electrons. The monoisotopic (exact) mass is 402 g/mol. The molecular weight excluding hydrogens is 376 g/mol. The summed E-state index contributed by atoms with van der Waals surface area (Å²) in [6.45, 7) is 10.0. The Labute approximate surface area is 171 Å². The predicted molar refractivity (Wildman–Crippen MR) is 113 cm³/mol. The highest BCUT2D eigenvalue weighted by Crippen LogP contribution is 2.26. The van der Waals surface area contributed by atoms with E-state index >= 15 is 0 Å². The average molecular weight is 403 g/mol. The smallest absolute Gasteiger partial charge is 0.265 e. The SMILES string of the molecule is Cc1cc(O[C@@H](C)C(=O)Nc2ccccc2C(=O)NCC(C)C)cc(C)c1Cl. The van der Waals surface area contributed by atoms with Gasteiger partial charge in [-0.2, -0.15) is 0 Å². The summed E-state index contributed by atoms with van der Waals surface area (Å²) in [7, 11) is 0. The minimum Gasteiger partial charge on any atom is -0.481 e. The summed E-state index contributed by atoms with van der Waals surface area (Å²) in [6.07, 6.45) is -0.744. The molecule has 1 atom stereocenters. The average Bonchev–Trinajstić information content (AvgIpc) is 2.64. The van der Waals surface area contributed by atoms with Gasteiger partial charge in [-0.15, -0.1) is 0 Å². The van der Waals surface area contributed by atoms with Crippen molar-refractivity contribution in [1.82, 2.24) is 5.32 Å². The Kier molecular flexibility index (Phi) is 7.46. The van der Waals surface area contributed by atoms with Crippen LogP contribution in [-0.4, -0.2) is 24.5 Å². The third-order valence-electron chi connectivity index (χ3n) is 4.19. The van der Waals surface area contributed by atoms with Gasteiger partial charge in [0.25, 0.3) is 11.8 Å². The molecule has 2 aromatic rings. The highest BCUT2D eigenvalue weighted by atomic mass is 35.5. The quantitative estimate of drug-likeness (QED) is 0.702. The molecule has 0 unspecified atom stereocenters. The van der Waals surface area contributed by atoms with Crippen LogP contribution in [0.5, 0.6) is 5.75 Å². The lowest BCUT2D eigenvalue weighted by atomic mass is 10.1. The Morgan fingerprint density at radius 1 is 1.07 bits per heavy atom. The first-order valence-corrected chi connectivity index (χ1v) is 9.68. The molecule has 0 heterocycles. The van der Waals surface area contributed by atoms with Crippen molar-refractivity contribution in [3.05, 3.63) is 58.1 Å². The summed E-state index contributed by atoms with van der Waals surface area (Å²) in [5.74, 6) is 0.354. The first-order valence-electron chi connectivity index (χ1n) is 9.30. The molecule has 5 nitrogen and oxygen atoms in total. The Bertz CT molecular complexity index is 842. The number of anilines is 1. The van der Waals surface area contributed by atoms with E-state index in [0.29, 0.717) is 34.5 Å². The maximum Gasteiger partial charge on any atom is 0.265 e. The molecular formula is C22H27ClN2O3. The number of nitrogens with one attached hydrogen (secondary N) is 2. The lowest BCUT2D eigenvalue weighted by molar-refractivity contribution is -0.122. The van der Waals surface area contributed by atoms with Gasteiger partial charge in [-0.05, 0) is 62.1 Å². The number of hydrogen-bond acceptors (Lipinski definition) is 3. The van der Waals surface area contributed by atoms with Gasteiger partial charge in [0.2, 0.25) is 0 Å². The zero-order valence-electron chi connectivity index (χ0n) is 16.9. The molecule has 0 saturated carbocycles. The number of ether oxygens (including phenoxy) is 1. The Morgan fingerprint density at radius 3 is 2.29 bits per heavy atom. The highest BCUT2D eigenvalue weighted by molar-refractivity contribution is 6.32. The molecule has 2 N–H and O–H groups in total. The number of rotatable bonds is 7. The van der Waals surface area contributed by atoms with Crippen molar-refractivity contribution >= 4 is 29.1 Å². The van der Waals surface area contributed by atoms with Crippen LogP contribution in [0.25, 0.3) is 0 Å². The van der Waals surface area contributed by atoms with Crippen molar-refractivity contribution in [1.29, 1.82) is 0 Å². The van der Waals surface area contributed by atoms with Crippen LogP contribution < -0.4 is 15.4 Å². The molecule has 2 rings (SSSR count). The molecule has 150 valence electrons. The molecule has 2 amide bonds. The van der Waals surface area contributed by atoms with Crippen molar-refractivity contribution in [2.24, 2.45) is 5.92 Å². The standard InChI is InChI=1S/C22H27ClN2O3/c1-13(2)12-24-22(27)18-8-6-7-9-19(18)25-21(26)16(5)28-17-10-14(3)20(23)15(4)11-17/h6-11,13,16H,12H2,1-5H3,(H,24,27)(H,25,26)/t16-/m0/s1. The fraction of sp³-hybridized carbons (Fsp3) is 0.364. The molecule has 0 aliphatic heterocycles. The lowest BCUT2D eigenvalue weighted by Gasteiger charge is -2.17. The van der Waals surface area contributed by atoms with E-state index in [2.05, 4.69) is 10.6 Å². The number of para-hydroxylation sites is 1. The van der Waals surface area contributed by atoms with E-state index in [1.165, 1.54) is 0 Å². The van der Waals surface area contributed by atoms with E-state index in [0.717, 1.165) is 11.1 Å². The van der Waals surface area contributed by atoms with Crippen molar-refractivity contribution in [2.45, 2.75) is 40.7 Å². The molecule has 0 aliphatic rings. The normalized spacial score (nSPS) is 11.8. The van der Waals surface area contributed by atoms with Gasteiger partial charge in [-0.3, -0.25) is 9.59 Å². The summed E-state index contributed by atoms with van der Waals surface area (Å²) < 4.78 is 5.77. The summed E-state index contributed by atoms with van der Waals surface area (Å²) in [6, 6.07) is 10.5. The maximum absolute atomic E-state index is 12.6. The van der Waals surface area contributed by atoms with Crippen LogP contribution in [0.15, 0.2) is 36.4 Å². The topological polar surface area (TPSA) is 67.4 Å². The van der Waals surface area contributed by atoms with Gasteiger partial charge in [0, 0.05) is 11.6 Å². The van der Waals surface area contributed by atoms with Gasteiger partial charge in [0.15, 0.2) is 6.10 Å². The molecule has 28 heavy (non-hydrogen) atoms. The van der Waals surface area contributed by atoms with E-state index in [-0.39, 0.29) is 11.8 Å². The van der Waals surface area contributed by atoms with Crippen LogP contribution in [0.1, 0.15) is 42.3 Å². The second-order valence-corrected chi connectivity index (χ2v) is 7.65. The number of halogens is 1. The molecule has 0 saturated heterocycles. The second-order valence-electron chi connectivity index (χ2n) is 7.27. The molecule has 0 aliphatic carbocycles. The zero-order chi connectivity index (χ0) is 20.8. The number of benzene rings is 2. The Morgan fingerprint density at radius 2 is 1.68 bits per heavy atom. The third kappa shape index (κ3) is 5.73. The van der Waals surface area contributed by atoms with Gasteiger partial charge in [-0.25, -0.2) is 0 Å². The third-order valence-corrected chi connectivity index (χ3v) is 4.79. The Balaban J connectivity index is 2.09. The van der Waals surface area contributed by atoms with Crippen LogP contribution in [0.2, 0.25) is 5.02 Å². The summed E-state index contributed by atoms with van der Waals surface area (Å²) in [4.78, 5) is 25.0. The van der Waals surface area contributed by atoms with Gasteiger partial charge in [-0.1, -0.05) is 37.6 Å². The van der Waals surface area contributed by atoms with Crippen molar-refractivity contribution in [3.63, 3.8) is 0 Å². The molecule has 6 heteroatoms. The fourth-order valence-electron chi connectivity index (χ4n) is 2.65. The van der Waals surface area contributed by atoms with E-state index < -0.39 is 6.10 Å². The summed E-state index contributed by atoms with van der Waals surface area (Å²) in [5.41, 5.74) is 2.64. The number of aryl methyl sites for hydroxylation is 2. The summed E-state index contributed by atoms with van der Waals surface area (Å²) in [5, 5.41) is 6.34. The number of hydrogen-bond donors (Lipinski definition) is 2. The Hall–Kier alpha value is -2.53. The van der Waals surface area contributed by atoms with Gasteiger partial charge >= 0.3 is 0 Å². The minimum absolute atomic E-state index is 0.220. The van der Waals surface area contributed by atoms with Crippen LogP contribution in [0.3, 0.4) is 0 Å². The fourth-order valence-corrected chi connectivity index (χ4v) is 2.76. The van der Waals surface area contributed by atoms with E-state index in [1.807, 2.05) is 27.7 Å². The molecule has 2 aromatic carbocycles. The van der Waals surface area contributed by atoms with Crippen LogP contribution in [0.4, 0.5) is 5.69 Å². The lowest BCUT2D eigenvalue weighted by Crippen LogP contribution is -2.32. The van der Waals surface area contributed by atoms with Crippen LogP contribution >= 0.6 is 11.6 Å². The molecule has 0 aromatic heterocycles. The maximum atomic E-state index is 12.6. The predicted octanol–water partition coefficient (Wildman–Crippen LogP) is 4.75. The van der Waals surface area contributed by atoms with Crippen LogP contribution in [0, 0.1) is 19.8 Å². The number of carbonyl (C=O) groups is 2. The van der Waals surface area contributed by atoms with E-state index in [4.69, 9.17) is 16.3 Å². The van der Waals surface area contributed by atoms with Crippen LogP contribution in [-0.2, 0) is 4.79 Å². The van der Waals surface area contributed by atoms with Gasteiger partial charge in [0.05, 0.1) is 11.3 Å². The first kappa shape index (κ1) is 21.8. The van der Waals surface area contributed by atoms with Crippen molar-refractivity contribution in [2.75, 3.05) is 11.9 Å². The van der Waals surface area contributed by atoms with Gasteiger partial charge in [0.1, 0.15) is 5.75 Å². The van der Waals surface area contributed by atoms with E-state index in [1.54, 1.807) is 43.3 Å². The molecule has 0 bridgehead atoms. The summed E-state index contributed by atoms with van der Waals surface area (Å²) >= 11 is 6.18. The minimum atomic E-state index is -0.744. The molecule has 0 spiro atoms. The zero-order valence-corrected chi connectivity index (χ0v) is 17.7.